The van der Waals surface area contributed by atoms with Crippen molar-refractivity contribution in [3.05, 3.63) is 84.4 Å². The fourth-order valence-electron chi connectivity index (χ4n) is 2.71. The molecule has 22 heavy (non-hydrogen) atoms. The molecular formula is C19H12N2O. The lowest BCUT2D eigenvalue weighted by Gasteiger charge is -2.06. The Bertz CT molecular complexity index is 916. The minimum absolute atomic E-state index is 0.145. The van der Waals surface area contributed by atoms with Gasteiger partial charge in [-0.2, -0.15) is 0 Å². The molecule has 0 amide bonds. The highest BCUT2D eigenvalue weighted by molar-refractivity contribution is 6.18. The van der Waals surface area contributed by atoms with Crippen LogP contribution in [0.5, 0.6) is 0 Å². The second kappa shape index (κ2) is 5.04. The van der Waals surface area contributed by atoms with Gasteiger partial charge >= 0.3 is 0 Å². The van der Waals surface area contributed by atoms with Crippen molar-refractivity contribution < 1.29 is 4.79 Å². The average molecular weight is 284 g/mol. The van der Waals surface area contributed by atoms with E-state index >= 15 is 0 Å². The van der Waals surface area contributed by atoms with Crippen LogP contribution in [0.3, 0.4) is 0 Å². The van der Waals surface area contributed by atoms with E-state index < -0.39 is 0 Å². The molecule has 2 aromatic heterocycles. The Kier molecular flexibility index (Phi) is 2.90. The number of ketones is 1. The Morgan fingerprint density at radius 3 is 1.59 bits per heavy atom. The maximum absolute atomic E-state index is 12.9. The van der Waals surface area contributed by atoms with Gasteiger partial charge in [0.2, 0.25) is 5.78 Å². The molecular weight excluding hydrogens is 272 g/mol. The summed E-state index contributed by atoms with van der Waals surface area (Å²) in [6.07, 6.45) is 3.33. The monoisotopic (exact) mass is 284 g/mol. The summed E-state index contributed by atoms with van der Waals surface area (Å²) in [4.78, 5) is 21.6. The zero-order valence-electron chi connectivity index (χ0n) is 11.7. The highest BCUT2D eigenvalue weighted by Crippen LogP contribution is 2.22. The summed E-state index contributed by atoms with van der Waals surface area (Å²) in [6, 6.07) is 19.3. The number of hydrogen-bond acceptors (Lipinski definition) is 3. The van der Waals surface area contributed by atoms with Crippen LogP contribution >= 0.6 is 0 Å². The first kappa shape index (κ1) is 12.7. The third-order valence-corrected chi connectivity index (χ3v) is 3.78. The van der Waals surface area contributed by atoms with Crippen LogP contribution in [-0.2, 0) is 0 Å². The topological polar surface area (TPSA) is 42.9 Å². The fourth-order valence-corrected chi connectivity index (χ4v) is 2.71. The number of benzene rings is 2. The Hall–Kier alpha value is -3.07. The Labute approximate surface area is 127 Å². The van der Waals surface area contributed by atoms with E-state index in [1.165, 1.54) is 0 Å². The van der Waals surface area contributed by atoms with Gasteiger partial charge in [-0.05, 0) is 22.9 Å². The van der Waals surface area contributed by atoms with E-state index in [-0.39, 0.29) is 5.78 Å². The van der Waals surface area contributed by atoms with E-state index in [0.717, 1.165) is 21.5 Å². The number of nitrogens with zero attached hydrogens (tertiary/aromatic N) is 2. The molecule has 4 aromatic rings. The third kappa shape index (κ3) is 1.95. The van der Waals surface area contributed by atoms with Crippen LogP contribution in [0.15, 0.2) is 73.1 Å². The number of fused-ring (bicyclic) bond motifs is 2. The van der Waals surface area contributed by atoms with Crippen molar-refractivity contribution in [3.63, 3.8) is 0 Å². The smallest absolute Gasteiger partial charge is 0.230 e. The van der Waals surface area contributed by atoms with Gasteiger partial charge in [-0.1, -0.05) is 48.5 Å². The minimum Gasteiger partial charge on any atom is -0.285 e. The molecule has 0 bridgehead atoms. The predicted molar refractivity (Wildman–Crippen MR) is 86.9 cm³/mol. The van der Waals surface area contributed by atoms with Gasteiger partial charge in [0.1, 0.15) is 11.4 Å². The highest BCUT2D eigenvalue weighted by Gasteiger charge is 2.17. The molecule has 0 N–H and O–H groups in total. The van der Waals surface area contributed by atoms with Gasteiger partial charge in [-0.3, -0.25) is 14.8 Å². The van der Waals surface area contributed by atoms with E-state index in [4.69, 9.17) is 0 Å². The molecule has 4 rings (SSSR count). The molecule has 0 spiro atoms. The lowest BCUT2D eigenvalue weighted by atomic mass is 10.0. The summed E-state index contributed by atoms with van der Waals surface area (Å²) in [5.41, 5.74) is 0.893. The highest BCUT2D eigenvalue weighted by atomic mass is 16.1. The van der Waals surface area contributed by atoms with Crippen LogP contribution in [0, 0.1) is 0 Å². The molecule has 3 nitrogen and oxygen atoms in total. The van der Waals surface area contributed by atoms with E-state index in [1.54, 1.807) is 12.4 Å². The molecule has 0 aliphatic heterocycles. The zero-order chi connectivity index (χ0) is 14.9. The first-order valence-electron chi connectivity index (χ1n) is 7.07. The summed E-state index contributed by atoms with van der Waals surface area (Å²) >= 11 is 0. The summed E-state index contributed by atoms with van der Waals surface area (Å²) in [5, 5.41) is 3.71. The van der Waals surface area contributed by atoms with Gasteiger partial charge in [0, 0.05) is 23.2 Å². The lowest BCUT2D eigenvalue weighted by molar-refractivity contribution is 0.103. The van der Waals surface area contributed by atoms with Crippen LogP contribution < -0.4 is 0 Å². The van der Waals surface area contributed by atoms with Crippen molar-refractivity contribution in [1.82, 2.24) is 9.97 Å². The van der Waals surface area contributed by atoms with Crippen LogP contribution in [0.1, 0.15) is 16.2 Å². The molecule has 0 unspecified atom stereocenters. The van der Waals surface area contributed by atoms with E-state index in [0.29, 0.717) is 11.4 Å². The summed E-state index contributed by atoms with van der Waals surface area (Å²) in [6.45, 7) is 0. The summed E-state index contributed by atoms with van der Waals surface area (Å²) in [7, 11) is 0. The van der Waals surface area contributed by atoms with E-state index in [2.05, 4.69) is 9.97 Å². The molecule has 0 saturated heterocycles. The van der Waals surface area contributed by atoms with Crippen molar-refractivity contribution in [2.24, 2.45) is 0 Å². The van der Waals surface area contributed by atoms with Crippen LogP contribution in [0.25, 0.3) is 21.5 Å². The quantitative estimate of drug-likeness (QED) is 0.522. The second-order valence-corrected chi connectivity index (χ2v) is 5.09. The Morgan fingerprint density at radius 1 is 0.636 bits per heavy atom. The van der Waals surface area contributed by atoms with Gasteiger partial charge in [0.05, 0.1) is 0 Å². The molecule has 104 valence electrons. The average Bonchev–Trinajstić information content (AvgIpc) is 2.60. The van der Waals surface area contributed by atoms with Crippen molar-refractivity contribution in [1.29, 1.82) is 0 Å². The van der Waals surface area contributed by atoms with Crippen LogP contribution in [-0.4, -0.2) is 15.8 Å². The van der Waals surface area contributed by atoms with Gasteiger partial charge in [0.25, 0.3) is 0 Å². The molecule has 0 saturated carbocycles. The number of hydrogen-bond donors (Lipinski definition) is 0. The molecule has 3 heteroatoms. The van der Waals surface area contributed by atoms with E-state index in [1.807, 2.05) is 60.7 Å². The number of aromatic nitrogens is 2. The number of carbonyl (C=O) groups is 1. The molecule has 0 fully saturated rings. The molecule has 0 atom stereocenters. The van der Waals surface area contributed by atoms with Gasteiger partial charge in [-0.25, -0.2) is 0 Å². The standard InChI is InChI=1S/C19H12N2O/c22-19(17-15-7-3-1-5-13(15)9-11-20-17)18-16-8-4-2-6-14(16)10-12-21-18/h1-12H. The molecule has 0 radical (unpaired) electrons. The Morgan fingerprint density at radius 2 is 1.09 bits per heavy atom. The maximum Gasteiger partial charge on any atom is 0.230 e. The summed E-state index contributed by atoms with van der Waals surface area (Å²) in [5.74, 6) is -0.145. The van der Waals surface area contributed by atoms with Crippen molar-refractivity contribution in [2.45, 2.75) is 0 Å². The lowest BCUT2D eigenvalue weighted by Crippen LogP contribution is -2.07. The Balaban J connectivity index is 1.97. The third-order valence-electron chi connectivity index (χ3n) is 3.78. The fraction of sp³-hybridized carbons (Fsp3) is 0. The number of rotatable bonds is 2. The largest absolute Gasteiger partial charge is 0.285 e. The predicted octanol–water partition coefficient (Wildman–Crippen LogP) is 4.01. The van der Waals surface area contributed by atoms with Crippen molar-refractivity contribution in [2.75, 3.05) is 0 Å². The van der Waals surface area contributed by atoms with Crippen molar-refractivity contribution >= 4 is 27.3 Å². The second-order valence-electron chi connectivity index (χ2n) is 5.09. The molecule has 2 aromatic carbocycles. The first-order valence-corrected chi connectivity index (χ1v) is 7.07. The molecule has 2 heterocycles. The summed E-state index contributed by atoms with van der Waals surface area (Å²) < 4.78 is 0. The number of pyridine rings is 2. The molecule has 0 aliphatic rings. The SMILES string of the molecule is O=C(c1nccc2ccccc12)c1nccc2ccccc12. The van der Waals surface area contributed by atoms with Gasteiger partial charge in [0.15, 0.2) is 0 Å². The normalized spacial score (nSPS) is 10.9. The van der Waals surface area contributed by atoms with Gasteiger partial charge < -0.3 is 0 Å². The molecule has 0 aliphatic carbocycles. The van der Waals surface area contributed by atoms with E-state index in [9.17, 15) is 4.79 Å². The number of carbonyl (C=O) groups excluding carboxylic acids is 1. The zero-order valence-corrected chi connectivity index (χ0v) is 11.7. The first-order chi connectivity index (χ1) is 10.8. The maximum atomic E-state index is 12.9. The van der Waals surface area contributed by atoms with Crippen LogP contribution in [0.4, 0.5) is 0 Å². The van der Waals surface area contributed by atoms with Gasteiger partial charge in [-0.15, -0.1) is 0 Å². The minimum atomic E-state index is -0.145. The van der Waals surface area contributed by atoms with Crippen molar-refractivity contribution in [3.8, 4) is 0 Å². The van der Waals surface area contributed by atoms with Crippen LogP contribution in [0.2, 0.25) is 0 Å².